The summed E-state index contributed by atoms with van der Waals surface area (Å²) in [5, 5.41) is 1.07. The number of ether oxygens (including phenoxy) is 2. The smallest absolute Gasteiger partial charge is 0.329 e. The first kappa shape index (κ1) is 23.1. The highest BCUT2D eigenvalue weighted by Gasteiger charge is 2.35. The van der Waals surface area contributed by atoms with E-state index < -0.39 is 5.60 Å². The zero-order valence-electron chi connectivity index (χ0n) is 20.6. The number of aryl methyl sites for hydroxylation is 2. The van der Waals surface area contributed by atoms with Crippen LogP contribution in [0.2, 0.25) is 0 Å². The summed E-state index contributed by atoms with van der Waals surface area (Å²) < 4.78 is 12.0. The van der Waals surface area contributed by atoms with Crippen LogP contribution in [-0.2, 0) is 16.1 Å². The number of hydrogen-bond acceptors (Lipinski definition) is 5. The van der Waals surface area contributed by atoms with E-state index in [2.05, 4.69) is 48.0 Å². The molecule has 0 aliphatic carbocycles. The summed E-state index contributed by atoms with van der Waals surface area (Å²) in [6, 6.07) is 14.1. The molecule has 1 atom stereocenters. The molecule has 1 fully saturated rings. The van der Waals surface area contributed by atoms with Crippen LogP contribution < -0.4 is 9.64 Å². The van der Waals surface area contributed by atoms with Crippen molar-refractivity contribution in [2.45, 2.75) is 72.6 Å². The van der Waals surface area contributed by atoms with Gasteiger partial charge < -0.3 is 14.4 Å². The van der Waals surface area contributed by atoms with Crippen molar-refractivity contribution in [2.24, 2.45) is 0 Å². The normalized spacial score (nSPS) is 16.3. The van der Waals surface area contributed by atoms with Crippen molar-refractivity contribution in [3.05, 3.63) is 64.8 Å². The second kappa shape index (κ2) is 9.05. The van der Waals surface area contributed by atoms with Crippen LogP contribution in [0, 0.1) is 20.8 Å². The molecule has 0 spiro atoms. The maximum Gasteiger partial charge on any atom is 0.329 e. The molecule has 0 amide bonds. The number of carbonyl (C=O) groups excluding carboxylic acids is 1. The lowest BCUT2D eigenvalue weighted by atomic mass is 10.0. The van der Waals surface area contributed by atoms with Gasteiger partial charge in [-0.15, -0.1) is 0 Å². The number of benzene rings is 2. The molecule has 1 saturated heterocycles. The number of fused-ring (bicyclic) bond motifs is 1. The van der Waals surface area contributed by atoms with Crippen molar-refractivity contribution in [1.82, 2.24) is 4.98 Å². The average Bonchev–Trinajstić information content (AvgIpc) is 3.22. The first-order chi connectivity index (χ1) is 15.6. The molecule has 4 rings (SSSR count). The van der Waals surface area contributed by atoms with Crippen molar-refractivity contribution in [3.63, 3.8) is 0 Å². The molecule has 174 valence electrons. The van der Waals surface area contributed by atoms with Crippen molar-refractivity contribution in [1.29, 1.82) is 0 Å². The molecule has 0 saturated carbocycles. The zero-order valence-corrected chi connectivity index (χ0v) is 20.6. The molecular formula is C28H34N2O3. The van der Waals surface area contributed by atoms with Gasteiger partial charge in [0.15, 0.2) is 0 Å². The minimum Gasteiger partial charge on any atom is -0.487 e. The molecule has 2 aromatic carbocycles. The molecule has 0 unspecified atom stereocenters. The van der Waals surface area contributed by atoms with Gasteiger partial charge in [-0.1, -0.05) is 24.3 Å². The van der Waals surface area contributed by atoms with Crippen LogP contribution in [0.4, 0.5) is 5.69 Å². The summed E-state index contributed by atoms with van der Waals surface area (Å²) in [4.78, 5) is 19.8. The number of para-hydroxylation sites is 1. The Hall–Kier alpha value is -3.08. The van der Waals surface area contributed by atoms with Gasteiger partial charge >= 0.3 is 5.97 Å². The van der Waals surface area contributed by atoms with Crippen LogP contribution in [0.1, 0.15) is 56.0 Å². The van der Waals surface area contributed by atoms with E-state index in [-0.39, 0.29) is 12.0 Å². The van der Waals surface area contributed by atoms with E-state index in [9.17, 15) is 4.79 Å². The Kier molecular flexibility index (Phi) is 6.33. The zero-order chi connectivity index (χ0) is 23.8. The van der Waals surface area contributed by atoms with E-state index in [1.165, 1.54) is 5.56 Å². The summed E-state index contributed by atoms with van der Waals surface area (Å²) in [6.07, 6.45) is 1.79. The third-order valence-corrected chi connectivity index (χ3v) is 6.24. The molecule has 5 nitrogen and oxygen atoms in total. The minimum atomic E-state index is -0.489. The van der Waals surface area contributed by atoms with E-state index in [1.807, 2.05) is 45.9 Å². The molecule has 3 aromatic rings. The third kappa shape index (κ3) is 4.97. The first-order valence-electron chi connectivity index (χ1n) is 11.7. The highest BCUT2D eigenvalue weighted by Crippen LogP contribution is 2.34. The van der Waals surface area contributed by atoms with E-state index in [0.29, 0.717) is 6.61 Å². The Morgan fingerprint density at radius 1 is 1.09 bits per heavy atom. The van der Waals surface area contributed by atoms with E-state index in [4.69, 9.17) is 9.47 Å². The molecule has 5 heteroatoms. The Balaban J connectivity index is 1.60. The molecule has 1 aromatic heterocycles. The van der Waals surface area contributed by atoms with Crippen LogP contribution >= 0.6 is 0 Å². The van der Waals surface area contributed by atoms with E-state index >= 15 is 0 Å². The lowest BCUT2D eigenvalue weighted by Gasteiger charge is -2.30. The predicted molar refractivity (Wildman–Crippen MR) is 133 cm³/mol. The Morgan fingerprint density at radius 3 is 2.64 bits per heavy atom. The monoisotopic (exact) mass is 446 g/mol. The lowest BCUT2D eigenvalue weighted by Crippen LogP contribution is -2.41. The predicted octanol–water partition coefficient (Wildman–Crippen LogP) is 6.05. The number of nitrogens with zero attached hydrogens (tertiary/aromatic N) is 2. The average molecular weight is 447 g/mol. The van der Waals surface area contributed by atoms with Crippen molar-refractivity contribution in [3.8, 4) is 5.75 Å². The standard InChI is InChI=1S/C28H34N2O3/c1-18-12-15-23(30-16-8-10-24(30)27(31)33-28(4,5)6)20(3)22(18)17-32-25-11-7-9-21-14-13-19(2)29-26(21)25/h7,9,11-15,24H,8,10,16-17H2,1-6H3/t24-/m0/s1. The molecule has 2 heterocycles. The fraction of sp³-hybridized carbons (Fsp3) is 0.429. The van der Waals surface area contributed by atoms with Gasteiger partial charge in [-0.05, 0) is 89.3 Å². The first-order valence-corrected chi connectivity index (χ1v) is 11.7. The molecule has 0 radical (unpaired) electrons. The van der Waals surface area contributed by atoms with E-state index in [1.54, 1.807) is 0 Å². The van der Waals surface area contributed by atoms with Crippen LogP contribution in [-0.4, -0.2) is 29.1 Å². The molecule has 33 heavy (non-hydrogen) atoms. The quantitative estimate of drug-likeness (QED) is 0.447. The largest absolute Gasteiger partial charge is 0.487 e. The minimum absolute atomic E-state index is 0.144. The van der Waals surface area contributed by atoms with Gasteiger partial charge in [-0.2, -0.15) is 0 Å². The summed E-state index contributed by atoms with van der Waals surface area (Å²) in [6.45, 7) is 13.3. The maximum atomic E-state index is 12.9. The number of carbonyl (C=O) groups is 1. The van der Waals surface area contributed by atoms with Gasteiger partial charge in [0.25, 0.3) is 0 Å². The molecule has 0 bridgehead atoms. The summed E-state index contributed by atoms with van der Waals surface area (Å²) in [5.74, 6) is 0.642. The van der Waals surface area contributed by atoms with Gasteiger partial charge in [0.05, 0.1) is 0 Å². The fourth-order valence-corrected chi connectivity index (χ4v) is 4.57. The summed E-state index contributed by atoms with van der Waals surface area (Å²) in [5.41, 5.74) is 5.91. The second-order valence-electron chi connectivity index (χ2n) is 9.96. The van der Waals surface area contributed by atoms with E-state index in [0.717, 1.165) is 58.5 Å². The van der Waals surface area contributed by atoms with Crippen LogP contribution in [0.15, 0.2) is 42.5 Å². The number of anilines is 1. The SMILES string of the molecule is Cc1ccc2cccc(OCc3c(C)ccc(N4CCC[C@H]4C(=O)OC(C)(C)C)c3C)c2n1. The van der Waals surface area contributed by atoms with Gasteiger partial charge in [0.2, 0.25) is 0 Å². The lowest BCUT2D eigenvalue weighted by molar-refractivity contribution is -0.156. The van der Waals surface area contributed by atoms with Crippen molar-refractivity contribution >= 4 is 22.6 Å². The third-order valence-electron chi connectivity index (χ3n) is 6.24. The number of pyridine rings is 1. The number of hydrogen-bond donors (Lipinski definition) is 0. The fourth-order valence-electron chi connectivity index (χ4n) is 4.57. The molecule has 1 aliphatic rings. The van der Waals surface area contributed by atoms with Gasteiger partial charge in [-0.3, -0.25) is 0 Å². The van der Waals surface area contributed by atoms with Crippen molar-refractivity contribution in [2.75, 3.05) is 11.4 Å². The summed E-state index contributed by atoms with van der Waals surface area (Å²) in [7, 11) is 0. The number of rotatable bonds is 5. The Morgan fingerprint density at radius 2 is 1.88 bits per heavy atom. The summed E-state index contributed by atoms with van der Waals surface area (Å²) >= 11 is 0. The van der Waals surface area contributed by atoms with Crippen LogP contribution in [0.3, 0.4) is 0 Å². The highest BCUT2D eigenvalue weighted by molar-refractivity contribution is 5.84. The second-order valence-corrected chi connectivity index (χ2v) is 9.96. The molecular weight excluding hydrogens is 412 g/mol. The van der Waals surface area contributed by atoms with Crippen molar-refractivity contribution < 1.29 is 14.3 Å². The van der Waals surface area contributed by atoms with Gasteiger partial charge in [0.1, 0.15) is 29.5 Å². The van der Waals surface area contributed by atoms with Crippen LogP contribution in [0.25, 0.3) is 10.9 Å². The maximum absolute atomic E-state index is 12.9. The number of esters is 1. The Bertz CT molecular complexity index is 1180. The number of aromatic nitrogens is 1. The van der Waals surface area contributed by atoms with Crippen LogP contribution in [0.5, 0.6) is 5.75 Å². The van der Waals surface area contributed by atoms with Gasteiger partial charge in [0, 0.05) is 23.3 Å². The van der Waals surface area contributed by atoms with Gasteiger partial charge in [-0.25, -0.2) is 9.78 Å². The highest BCUT2D eigenvalue weighted by atomic mass is 16.6. The molecule has 0 N–H and O–H groups in total. The molecule has 1 aliphatic heterocycles. The Labute approximate surface area is 196 Å². The topological polar surface area (TPSA) is 51.7 Å².